The summed E-state index contributed by atoms with van der Waals surface area (Å²) in [6.07, 6.45) is 5.24. The molecule has 2 aliphatic heterocycles. The van der Waals surface area contributed by atoms with Gasteiger partial charge < -0.3 is 19.7 Å². The van der Waals surface area contributed by atoms with Gasteiger partial charge >= 0.3 is 0 Å². The number of rotatable bonds is 5. The molecule has 0 radical (unpaired) electrons. The highest BCUT2D eigenvalue weighted by molar-refractivity contribution is 14.0. The van der Waals surface area contributed by atoms with E-state index in [0.717, 1.165) is 25.6 Å². The first-order valence-electron chi connectivity index (χ1n) is 8.89. The van der Waals surface area contributed by atoms with E-state index in [2.05, 4.69) is 31.0 Å². The lowest BCUT2D eigenvalue weighted by atomic mass is 9.78. The predicted molar refractivity (Wildman–Crippen MR) is 106 cm³/mol. The van der Waals surface area contributed by atoms with Crippen LogP contribution in [0.5, 0.6) is 0 Å². The minimum atomic E-state index is 0. The van der Waals surface area contributed by atoms with Crippen molar-refractivity contribution in [1.82, 2.24) is 10.2 Å². The van der Waals surface area contributed by atoms with Crippen LogP contribution >= 0.6 is 24.0 Å². The van der Waals surface area contributed by atoms with Crippen LogP contribution in [0.2, 0.25) is 0 Å². The summed E-state index contributed by atoms with van der Waals surface area (Å²) in [5, 5.41) is 3.45. The Bertz CT molecular complexity index is 358. The third-order valence-corrected chi connectivity index (χ3v) is 4.60. The Labute approximate surface area is 158 Å². The van der Waals surface area contributed by atoms with E-state index >= 15 is 0 Å². The van der Waals surface area contributed by atoms with Crippen molar-refractivity contribution in [2.24, 2.45) is 10.4 Å². The fraction of sp³-hybridized carbons (Fsp3) is 0.941. The molecule has 2 atom stereocenters. The SMILES string of the molecule is CCCC1(C)CCCN(C(=NCC2COCCO2)NCC)C1.I. The third kappa shape index (κ3) is 6.74. The number of likely N-dealkylation sites (tertiary alicyclic amines) is 1. The molecule has 2 heterocycles. The minimum absolute atomic E-state index is 0. The molecule has 0 saturated carbocycles. The maximum Gasteiger partial charge on any atom is 0.194 e. The molecule has 0 spiro atoms. The van der Waals surface area contributed by atoms with Gasteiger partial charge in [0.15, 0.2) is 5.96 Å². The topological polar surface area (TPSA) is 46.1 Å². The second kappa shape index (κ2) is 10.7. The molecule has 0 bridgehead atoms. The highest BCUT2D eigenvalue weighted by atomic mass is 127. The lowest BCUT2D eigenvalue weighted by Gasteiger charge is -2.42. The monoisotopic (exact) mass is 439 g/mol. The van der Waals surface area contributed by atoms with Crippen LogP contribution in [0.15, 0.2) is 4.99 Å². The van der Waals surface area contributed by atoms with Gasteiger partial charge in [-0.05, 0) is 31.6 Å². The molecular weight excluding hydrogens is 405 g/mol. The second-order valence-electron chi connectivity index (χ2n) is 6.85. The van der Waals surface area contributed by atoms with Crippen molar-refractivity contribution >= 4 is 29.9 Å². The average molecular weight is 439 g/mol. The highest BCUT2D eigenvalue weighted by Crippen LogP contribution is 2.33. The van der Waals surface area contributed by atoms with E-state index in [9.17, 15) is 0 Å². The smallest absolute Gasteiger partial charge is 0.194 e. The van der Waals surface area contributed by atoms with Crippen molar-refractivity contribution in [1.29, 1.82) is 0 Å². The first-order valence-corrected chi connectivity index (χ1v) is 8.89. The third-order valence-electron chi connectivity index (χ3n) is 4.60. The zero-order valence-corrected chi connectivity index (χ0v) is 17.3. The standard InChI is InChI=1S/C17H33N3O2.HI/c1-4-7-17(3)8-6-9-20(14-17)16(18-5-2)19-12-15-13-21-10-11-22-15;/h15H,4-14H2,1-3H3,(H,18,19);1H. The van der Waals surface area contributed by atoms with Gasteiger partial charge in [-0.2, -0.15) is 0 Å². The van der Waals surface area contributed by atoms with Crippen LogP contribution in [-0.4, -0.2) is 63.0 Å². The minimum Gasteiger partial charge on any atom is -0.376 e. The first kappa shape index (κ1) is 21.0. The Morgan fingerprint density at radius 2 is 2.17 bits per heavy atom. The van der Waals surface area contributed by atoms with Crippen molar-refractivity contribution in [3.8, 4) is 0 Å². The van der Waals surface area contributed by atoms with E-state index in [1.165, 1.54) is 25.7 Å². The quantitative estimate of drug-likeness (QED) is 0.407. The predicted octanol–water partition coefficient (Wildman–Crippen LogP) is 2.89. The number of ether oxygens (including phenoxy) is 2. The molecule has 0 aliphatic carbocycles. The number of nitrogens with one attached hydrogen (secondary N) is 1. The van der Waals surface area contributed by atoms with Crippen LogP contribution in [-0.2, 0) is 9.47 Å². The molecule has 2 fully saturated rings. The molecule has 0 aromatic heterocycles. The summed E-state index contributed by atoms with van der Waals surface area (Å²) in [6.45, 7) is 12.7. The van der Waals surface area contributed by atoms with Gasteiger partial charge in [0.25, 0.3) is 0 Å². The zero-order valence-electron chi connectivity index (χ0n) is 15.0. The van der Waals surface area contributed by atoms with E-state index in [4.69, 9.17) is 14.5 Å². The highest BCUT2D eigenvalue weighted by Gasteiger charge is 2.31. The molecule has 0 amide bonds. The number of nitrogens with zero attached hydrogens (tertiary/aromatic N) is 2. The number of guanidine groups is 1. The average Bonchev–Trinajstić information content (AvgIpc) is 2.52. The summed E-state index contributed by atoms with van der Waals surface area (Å²) < 4.78 is 11.2. The molecule has 2 unspecified atom stereocenters. The second-order valence-corrected chi connectivity index (χ2v) is 6.85. The number of piperidine rings is 1. The molecule has 5 nitrogen and oxygen atoms in total. The van der Waals surface area contributed by atoms with Gasteiger partial charge in [0.2, 0.25) is 0 Å². The summed E-state index contributed by atoms with van der Waals surface area (Å²) in [4.78, 5) is 7.25. The number of halogens is 1. The first-order chi connectivity index (χ1) is 10.7. The van der Waals surface area contributed by atoms with Crippen LogP contribution in [0.1, 0.15) is 46.5 Å². The fourth-order valence-corrected chi connectivity index (χ4v) is 3.56. The summed E-state index contributed by atoms with van der Waals surface area (Å²) in [7, 11) is 0. The molecule has 23 heavy (non-hydrogen) atoms. The van der Waals surface area contributed by atoms with Crippen molar-refractivity contribution in [2.45, 2.75) is 52.6 Å². The van der Waals surface area contributed by atoms with Gasteiger partial charge in [-0.3, -0.25) is 4.99 Å². The van der Waals surface area contributed by atoms with Crippen LogP contribution < -0.4 is 5.32 Å². The summed E-state index contributed by atoms with van der Waals surface area (Å²) in [5.41, 5.74) is 0.424. The van der Waals surface area contributed by atoms with Gasteiger partial charge in [-0.1, -0.05) is 20.3 Å². The Kier molecular flexibility index (Phi) is 9.77. The van der Waals surface area contributed by atoms with E-state index in [1.807, 2.05) is 0 Å². The zero-order chi connectivity index (χ0) is 15.8. The molecule has 6 heteroatoms. The van der Waals surface area contributed by atoms with E-state index in [0.29, 0.717) is 31.8 Å². The van der Waals surface area contributed by atoms with Crippen molar-refractivity contribution < 1.29 is 9.47 Å². The summed E-state index contributed by atoms with van der Waals surface area (Å²) >= 11 is 0. The Morgan fingerprint density at radius 3 is 2.83 bits per heavy atom. The maximum absolute atomic E-state index is 5.69. The molecule has 0 aromatic carbocycles. The summed E-state index contributed by atoms with van der Waals surface area (Å²) in [5.74, 6) is 1.04. The largest absolute Gasteiger partial charge is 0.376 e. The number of hydrogen-bond donors (Lipinski definition) is 1. The van der Waals surface area contributed by atoms with Gasteiger partial charge in [-0.15, -0.1) is 24.0 Å². The Morgan fingerprint density at radius 1 is 1.35 bits per heavy atom. The summed E-state index contributed by atoms with van der Waals surface area (Å²) in [6, 6.07) is 0. The lowest BCUT2D eigenvalue weighted by Crippen LogP contribution is -2.50. The molecule has 2 saturated heterocycles. The van der Waals surface area contributed by atoms with Crippen LogP contribution in [0.4, 0.5) is 0 Å². The molecular formula is C17H34IN3O2. The Hall–Kier alpha value is -0.0800. The molecule has 2 rings (SSSR count). The Balaban J connectivity index is 0.00000264. The molecule has 0 aromatic rings. The van der Waals surface area contributed by atoms with Gasteiger partial charge in [0.05, 0.1) is 26.4 Å². The normalized spacial score (nSPS) is 29.1. The van der Waals surface area contributed by atoms with E-state index < -0.39 is 0 Å². The van der Waals surface area contributed by atoms with Gasteiger partial charge in [-0.25, -0.2) is 0 Å². The molecule has 136 valence electrons. The van der Waals surface area contributed by atoms with Crippen molar-refractivity contribution in [3.63, 3.8) is 0 Å². The number of hydrogen-bond acceptors (Lipinski definition) is 3. The lowest BCUT2D eigenvalue weighted by molar-refractivity contribution is -0.0833. The van der Waals surface area contributed by atoms with E-state index in [1.54, 1.807) is 0 Å². The van der Waals surface area contributed by atoms with Crippen LogP contribution in [0.25, 0.3) is 0 Å². The van der Waals surface area contributed by atoms with Crippen molar-refractivity contribution in [3.05, 3.63) is 0 Å². The fourth-order valence-electron chi connectivity index (χ4n) is 3.56. The van der Waals surface area contributed by atoms with Gasteiger partial charge in [0, 0.05) is 19.6 Å². The number of aliphatic imine (C=N–C) groups is 1. The molecule has 2 aliphatic rings. The van der Waals surface area contributed by atoms with Crippen LogP contribution in [0, 0.1) is 5.41 Å². The maximum atomic E-state index is 5.69. The van der Waals surface area contributed by atoms with Crippen LogP contribution in [0.3, 0.4) is 0 Å². The molecule has 1 N–H and O–H groups in total. The van der Waals surface area contributed by atoms with Crippen molar-refractivity contribution in [2.75, 3.05) is 46.0 Å². The van der Waals surface area contributed by atoms with E-state index in [-0.39, 0.29) is 30.1 Å². The van der Waals surface area contributed by atoms with Gasteiger partial charge in [0.1, 0.15) is 6.10 Å².